The number of carbonyl (C=O) groups excluding carboxylic acids is 2. The van der Waals surface area contributed by atoms with Gasteiger partial charge in [0.25, 0.3) is 11.8 Å². The Morgan fingerprint density at radius 1 is 1.07 bits per heavy atom. The lowest BCUT2D eigenvalue weighted by Crippen LogP contribution is -2.43. The predicted molar refractivity (Wildman–Crippen MR) is 103 cm³/mol. The highest BCUT2D eigenvalue weighted by Crippen LogP contribution is 2.12. The van der Waals surface area contributed by atoms with Crippen LogP contribution in [0.4, 0.5) is 0 Å². The number of amides is 2. The zero-order chi connectivity index (χ0) is 19.6. The lowest BCUT2D eigenvalue weighted by molar-refractivity contribution is -0.122. The Morgan fingerprint density at radius 2 is 1.70 bits per heavy atom. The number of nitrogens with zero attached hydrogens (tertiary/aromatic N) is 1. The molecule has 2 rings (SSSR count). The first-order valence-electron chi connectivity index (χ1n) is 8.54. The van der Waals surface area contributed by atoms with Gasteiger partial charge in [0, 0.05) is 5.56 Å². The summed E-state index contributed by atoms with van der Waals surface area (Å²) in [6, 6.07) is 13.2. The highest BCUT2D eigenvalue weighted by atomic mass is 16.5. The number of hydrogen-bond acceptors (Lipinski definition) is 5. The molecular formula is C20H23N3O4. The Balaban J connectivity index is 1.84. The maximum Gasteiger partial charge on any atom is 0.262 e. The lowest BCUT2D eigenvalue weighted by atomic mass is 10.2. The number of benzene rings is 2. The molecule has 0 spiro atoms. The van der Waals surface area contributed by atoms with Crippen molar-refractivity contribution in [1.82, 2.24) is 10.7 Å². The second-order valence-electron chi connectivity index (χ2n) is 5.66. The molecule has 2 aromatic carbocycles. The van der Waals surface area contributed by atoms with E-state index in [1.54, 1.807) is 38.3 Å². The minimum absolute atomic E-state index is 0.351. The molecule has 7 heteroatoms. The van der Waals surface area contributed by atoms with Crippen molar-refractivity contribution in [3.63, 3.8) is 0 Å². The van der Waals surface area contributed by atoms with Crippen molar-refractivity contribution in [3.8, 4) is 11.5 Å². The third-order valence-electron chi connectivity index (χ3n) is 3.67. The van der Waals surface area contributed by atoms with Gasteiger partial charge in [-0.05, 0) is 67.9 Å². The van der Waals surface area contributed by atoms with Gasteiger partial charge in [-0.3, -0.25) is 9.59 Å². The van der Waals surface area contributed by atoms with Gasteiger partial charge >= 0.3 is 0 Å². The van der Waals surface area contributed by atoms with Crippen LogP contribution in [0.2, 0.25) is 0 Å². The predicted octanol–water partition coefficient (Wildman–Crippen LogP) is 2.36. The molecule has 1 atom stereocenters. The van der Waals surface area contributed by atoms with Crippen LogP contribution in [0.15, 0.2) is 53.6 Å². The van der Waals surface area contributed by atoms with Crippen molar-refractivity contribution in [3.05, 3.63) is 59.7 Å². The fourth-order valence-electron chi connectivity index (χ4n) is 2.17. The van der Waals surface area contributed by atoms with E-state index in [1.807, 2.05) is 31.2 Å². The van der Waals surface area contributed by atoms with Gasteiger partial charge in [0.2, 0.25) is 0 Å². The fraction of sp³-hybridized carbons (Fsp3) is 0.250. The monoisotopic (exact) mass is 369 g/mol. The van der Waals surface area contributed by atoms with Crippen LogP contribution < -0.4 is 20.2 Å². The van der Waals surface area contributed by atoms with Gasteiger partial charge in [0.15, 0.2) is 0 Å². The molecule has 0 aliphatic carbocycles. The zero-order valence-electron chi connectivity index (χ0n) is 15.6. The number of rotatable bonds is 8. The standard InChI is InChI=1S/C20H23N3O4/c1-4-27-18-9-5-15(6-10-18)13-21-23-19(24)14(2)22-20(25)16-7-11-17(26-3)12-8-16/h5-14H,4H2,1-3H3,(H,22,25)(H,23,24). The van der Waals surface area contributed by atoms with Crippen LogP contribution in [0.25, 0.3) is 0 Å². The molecule has 0 aliphatic heterocycles. The van der Waals surface area contributed by atoms with Gasteiger partial charge in [-0.2, -0.15) is 5.10 Å². The summed E-state index contributed by atoms with van der Waals surface area (Å²) in [4.78, 5) is 24.2. The molecule has 2 aromatic rings. The summed E-state index contributed by atoms with van der Waals surface area (Å²) in [7, 11) is 1.55. The molecule has 2 N–H and O–H groups in total. The van der Waals surface area contributed by atoms with Gasteiger partial charge in [-0.1, -0.05) is 0 Å². The first-order chi connectivity index (χ1) is 13.0. The number of methoxy groups -OCH3 is 1. The molecule has 0 aliphatic rings. The summed E-state index contributed by atoms with van der Waals surface area (Å²) in [6.07, 6.45) is 1.52. The molecular weight excluding hydrogens is 346 g/mol. The Hall–Kier alpha value is -3.35. The van der Waals surface area contributed by atoms with Gasteiger partial charge in [-0.25, -0.2) is 5.43 Å². The average molecular weight is 369 g/mol. The third kappa shape index (κ3) is 6.14. The third-order valence-corrected chi connectivity index (χ3v) is 3.67. The van der Waals surface area contributed by atoms with E-state index < -0.39 is 11.9 Å². The van der Waals surface area contributed by atoms with Crippen LogP contribution in [-0.2, 0) is 4.79 Å². The highest BCUT2D eigenvalue weighted by Gasteiger charge is 2.16. The van der Waals surface area contributed by atoms with Crippen LogP contribution in [0.1, 0.15) is 29.8 Å². The Kier molecular flexibility index (Phi) is 7.37. The van der Waals surface area contributed by atoms with Crippen molar-refractivity contribution in [2.75, 3.05) is 13.7 Å². The molecule has 27 heavy (non-hydrogen) atoms. The van der Waals surface area contributed by atoms with E-state index >= 15 is 0 Å². The maximum atomic E-state index is 12.2. The molecule has 0 fully saturated rings. The number of hydrogen-bond donors (Lipinski definition) is 2. The topological polar surface area (TPSA) is 89.0 Å². The van der Waals surface area contributed by atoms with E-state index in [9.17, 15) is 9.59 Å². The summed E-state index contributed by atoms with van der Waals surface area (Å²) in [6.45, 7) is 4.10. The molecule has 7 nitrogen and oxygen atoms in total. The van der Waals surface area contributed by atoms with E-state index in [2.05, 4.69) is 15.8 Å². The molecule has 0 saturated carbocycles. The normalized spacial score (nSPS) is 11.7. The van der Waals surface area contributed by atoms with Gasteiger partial charge < -0.3 is 14.8 Å². The molecule has 142 valence electrons. The minimum Gasteiger partial charge on any atom is -0.497 e. The summed E-state index contributed by atoms with van der Waals surface area (Å²) in [5, 5.41) is 6.53. The van der Waals surface area contributed by atoms with Crippen LogP contribution in [-0.4, -0.2) is 37.8 Å². The molecule has 0 saturated heterocycles. The van der Waals surface area contributed by atoms with Crippen LogP contribution in [0, 0.1) is 0 Å². The quantitative estimate of drug-likeness (QED) is 0.552. The molecule has 0 heterocycles. The summed E-state index contributed by atoms with van der Waals surface area (Å²) < 4.78 is 10.4. The molecule has 1 unspecified atom stereocenters. The number of hydrazone groups is 1. The Morgan fingerprint density at radius 3 is 2.30 bits per heavy atom. The van der Waals surface area contributed by atoms with Crippen molar-refractivity contribution >= 4 is 18.0 Å². The lowest BCUT2D eigenvalue weighted by Gasteiger charge is -2.12. The van der Waals surface area contributed by atoms with Gasteiger partial charge in [-0.15, -0.1) is 0 Å². The molecule has 0 aromatic heterocycles. The van der Waals surface area contributed by atoms with Crippen LogP contribution >= 0.6 is 0 Å². The number of ether oxygens (including phenoxy) is 2. The maximum absolute atomic E-state index is 12.2. The second kappa shape index (κ2) is 9.96. The zero-order valence-corrected chi connectivity index (χ0v) is 15.6. The van der Waals surface area contributed by atoms with E-state index in [-0.39, 0.29) is 5.91 Å². The highest BCUT2D eigenvalue weighted by molar-refractivity contribution is 5.97. The van der Waals surface area contributed by atoms with E-state index in [1.165, 1.54) is 6.21 Å². The van der Waals surface area contributed by atoms with Crippen molar-refractivity contribution in [2.45, 2.75) is 19.9 Å². The summed E-state index contributed by atoms with van der Waals surface area (Å²) in [5.74, 6) is 0.657. The molecule has 0 bridgehead atoms. The van der Waals surface area contributed by atoms with Crippen LogP contribution in [0.5, 0.6) is 11.5 Å². The van der Waals surface area contributed by atoms with Gasteiger partial charge in [0.05, 0.1) is 19.9 Å². The fourth-order valence-corrected chi connectivity index (χ4v) is 2.17. The number of nitrogens with one attached hydrogen (secondary N) is 2. The first kappa shape index (κ1) is 20.0. The van der Waals surface area contributed by atoms with Gasteiger partial charge in [0.1, 0.15) is 17.5 Å². The first-order valence-corrected chi connectivity index (χ1v) is 8.54. The van der Waals surface area contributed by atoms with Crippen molar-refractivity contribution in [2.24, 2.45) is 5.10 Å². The van der Waals surface area contributed by atoms with E-state index in [0.29, 0.717) is 17.9 Å². The molecule has 0 radical (unpaired) electrons. The second-order valence-corrected chi connectivity index (χ2v) is 5.66. The Bertz CT molecular complexity index is 786. The SMILES string of the molecule is CCOc1ccc(C=NNC(=O)C(C)NC(=O)c2ccc(OC)cc2)cc1. The van der Waals surface area contributed by atoms with Crippen LogP contribution in [0.3, 0.4) is 0 Å². The largest absolute Gasteiger partial charge is 0.497 e. The van der Waals surface area contributed by atoms with Crippen molar-refractivity contribution < 1.29 is 19.1 Å². The summed E-state index contributed by atoms with van der Waals surface area (Å²) >= 11 is 0. The van der Waals surface area contributed by atoms with Crippen molar-refractivity contribution in [1.29, 1.82) is 0 Å². The average Bonchev–Trinajstić information content (AvgIpc) is 2.69. The summed E-state index contributed by atoms with van der Waals surface area (Å²) in [5.41, 5.74) is 3.66. The smallest absolute Gasteiger partial charge is 0.262 e. The Labute approximate surface area is 158 Å². The number of carbonyl (C=O) groups is 2. The minimum atomic E-state index is -0.739. The van der Waals surface area contributed by atoms with E-state index in [0.717, 1.165) is 11.3 Å². The molecule has 2 amide bonds. The van der Waals surface area contributed by atoms with E-state index in [4.69, 9.17) is 9.47 Å².